The number of nitrogens with zero attached hydrogens (tertiary/aromatic N) is 4. The second-order valence-corrected chi connectivity index (χ2v) is 7.30. The lowest BCUT2D eigenvalue weighted by Crippen LogP contribution is -2.09. The Morgan fingerprint density at radius 2 is 1.91 bits per heavy atom. The number of halogens is 3. The zero-order valence-corrected chi connectivity index (χ0v) is 20.5. The van der Waals surface area contributed by atoms with E-state index in [1.54, 1.807) is 24.9 Å². The number of benzene rings is 1. The van der Waals surface area contributed by atoms with Crippen LogP contribution in [0.1, 0.15) is 39.0 Å². The standard InChI is InChI=1S/C24H23F3N4O2.C2H6/c1-6-19(24(25,26)27)11-10-16(4)32-14-21-20(13-28-31(21)5)23-29-22(30-33-23)18-9-7-8-17(12-18)15(2)3;1-2/h6-13H,1-2,14H2,3-5H3;1-2H3/b16-10+,19-11+;. The molecule has 0 spiro atoms. The van der Waals surface area contributed by atoms with Crippen LogP contribution >= 0.6 is 0 Å². The van der Waals surface area contributed by atoms with Gasteiger partial charge in [0.15, 0.2) is 0 Å². The summed E-state index contributed by atoms with van der Waals surface area (Å²) >= 11 is 0. The fourth-order valence-electron chi connectivity index (χ4n) is 2.90. The molecule has 3 rings (SSSR count). The van der Waals surface area contributed by atoms with E-state index < -0.39 is 11.7 Å². The highest BCUT2D eigenvalue weighted by atomic mass is 19.4. The summed E-state index contributed by atoms with van der Waals surface area (Å²) in [5, 5.41) is 8.28. The predicted octanol–water partition coefficient (Wildman–Crippen LogP) is 7.29. The van der Waals surface area contributed by atoms with Crippen molar-refractivity contribution in [3.05, 3.63) is 84.4 Å². The van der Waals surface area contributed by atoms with Crippen molar-refractivity contribution in [3.8, 4) is 22.8 Å². The van der Waals surface area contributed by atoms with Gasteiger partial charge in [-0.05, 0) is 37.6 Å². The molecule has 0 fully saturated rings. The Hall–Kier alpha value is -3.88. The van der Waals surface area contributed by atoms with E-state index in [-0.39, 0.29) is 18.3 Å². The Kier molecular flexibility index (Phi) is 9.39. The third kappa shape index (κ3) is 7.05. The molecule has 0 radical (unpaired) electrons. The second kappa shape index (κ2) is 12.0. The lowest BCUT2D eigenvalue weighted by atomic mass is 10.1. The molecule has 186 valence electrons. The van der Waals surface area contributed by atoms with Gasteiger partial charge in [-0.3, -0.25) is 4.68 Å². The van der Waals surface area contributed by atoms with E-state index in [4.69, 9.17) is 9.26 Å². The molecular weight excluding hydrogens is 457 g/mol. The van der Waals surface area contributed by atoms with E-state index >= 15 is 0 Å². The Morgan fingerprint density at radius 1 is 1.20 bits per heavy atom. The van der Waals surface area contributed by atoms with Crippen molar-refractivity contribution in [1.82, 2.24) is 19.9 Å². The van der Waals surface area contributed by atoms with E-state index in [1.807, 2.05) is 45.0 Å². The highest BCUT2D eigenvalue weighted by Gasteiger charge is 2.30. The third-order valence-corrected chi connectivity index (χ3v) is 4.81. The molecule has 0 aliphatic heterocycles. The van der Waals surface area contributed by atoms with Gasteiger partial charge in [0.25, 0.3) is 5.89 Å². The van der Waals surface area contributed by atoms with Gasteiger partial charge in [-0.15, -0.1) is 0 Å². The molecule has 2 aromatic heterocycles. The van der Waals surface area contributed by atoms with Crippen LogP contribution in [0, 0.1) is 0 Å². The maximum atomic E-state index is 12.8. The Balaban J connectivity index is 0.00000210. The first kappa shape index (κ1) is 27.4. The fraction of sp³-hybridized carbons (Fsp3) is 0.269. The summed E-state index contributed by atoms with van der Waals surface area (Å²) in [5.74, 6) is 0.952. The maximum Gasteiger partial charge on any atom is 0.416 e. The Morgan fingerprint density at radius 3 is 2.54 bits per heavy atom. The number of hydrogen-bond donors (Lipinski definition) is 0. The van der Waals surface area contributed by atoms with Crippen LogP contribution in [0.3, 0.4) is 0 Å². The number of aromatic nitrogens is 4. The van der Waals surface area contributed by atoms with E-state index in [0.717, 1.165) is 28.9 Å². The third-order valence-electron chi connectivity index (χ3n) is 4.81. The highest BCUT2D eigenvalue weighted by Crippen LogP contribution is 2.28. The van der Waals surface area contributed by atoms with Gasteiger partial charge in [0, 0.05) is 12.6 Å². The summed E-state index contributed by atoms with van der Waals surface area (Å²) in [4.78, 5) is 4.47. The Bertz CT molecular complexity index is 1230. The van der Waals surface area contributed by atoms with E-state index in [1.165, 1.54) is 6.08 Å². The topological polar surface area (TPSA) is 66.0 Å². The van der Waals surface area contributed by atoms with Crippen molar-refractivity contribution in [2.75, 3.05) is 0 Å². The van der Waals surface area contributed by atoms with Gasteiger partial charge in [-0.2, -0.15) is 23.3 Å². The quantitative estimate of drug-likeness (QED) is 0.247. The SMILES string of the molecule is C=C/C(=C\C=C(/C)OCc1c(-c2nc(-c3cccc(C(=C)C)c3)no2)cnn1C)C(F)(F)F.CC. The molecule has 0 saturated carbocycles. The molecule has 0 atom stereocenters. The molecule has 0 saturated heterocycles. The summed E-state index contributed by atoms with van der Waals surface area (Å²) in [6.07, 6.45) is -0.00992. The number of aryl methyl sites for hydroxylation is 1. The molecule has 3 aromatic rings. The van der Waals surface area contributed by atoms with Crippen LogP contribution in [0.4, 0.5) is 13.2 Å². The minimum absolute atomic E-state index is 0.0420. The molecule has 9 heteroatoms. The number of hydrogen-bond acceptors (Lipinski definition) is 5. The monoisotopic (exact) mass is 486 g/mol. The van der Waals surface area contributed by atoms with E-state index in [0.29, 0.717) is 17.1 Å². The molecule has 0 unspecified atom stereocenters. The minimum atomic E-state index is -4.48. The van der Waals surface area contributed by atoms with Crippen LogP contribution in [0.15, 0.2) is 77.7 Å². The number of rotatable bonds is 8. The summed E-state index contributed by atoms with van der Waals surface area (Å²) in [6, 6.07) is 7.62. The summed E-state index contributed by atoms with van der Waals surface area (Å²) in [7, 11) is 1.72. The molecular formula is C26H29F3N4O2. The van der Waals surface area contributed by atoms with Crippen molar-refractivity contribution in [2.45, 2.75) is 40.5 Å². The van der Waals surface area contributed by atoms with Gasteiger partial charge in [-0.25, -0.2) is 0 Å². The zero-order valence-electron chi connectivity index (χ0n) is 20.5. The average molecular weight is 487 g/mol. The van der Waals surface area contributed by atoms with E-state index in [2.05, 4.69) is 28.4 Å². The molecule has 1 aromatic carbocycles. The first-order valence-electron chi connectivity index (χ1n) is 10.9. The van der Waals surface area contributed by atoms with Gasteiger partial charge < -0.3 is 9.26 Å². The Labute approximate surface area is 203 Å². The molecule has 6 nitrogen and oxygen atoms in total. The minimum Gasteiger partial charge on any atom is -0.492 e. The van der Waals surface area contributed by atoms with Gasteiger partial charge in [0.1, 0.15) is 6.61 Å². The molecule has 0 bridgehead atoms. The van der Waals surface area contributed by atoms with Crippen LogP contribution in [-0.2, 0) is 18.4 Å². The van der Waals surface area contributed by atoms with Crippen molar-refractivity contribution in [1.29, 1.82) is 0 Å². The molecule has 35 heavy (non-hydrogen) atoms. The number of allylic oxidation sites excluding steroid dienone is 6. The van der Waals surface area contributed by atoms with Gasteiger partial charge in [0.2, 0.25) is 5.82 Å². The normalized spacial score (nSPS) is 12.1. The molecule has 2 heterocycles. The first-order chi connectivity index (χ1) is 16.6. The fourth-order valence-corrected chi connectivity index (χ4v) is 2.90. The van der Waals surface area contributed by atoms with Crippen molar-refractivity contribution < 1.29 is 22.4 Å². The van der Waals surface area contributed by atoms with Crippen molar-refractivity contribution >= 4 is 5.57 Å². The number of ether oxygens (including phenoxy) is 1. The van der Waals surface area contributed by atoms with Gasteiger partial charge in [0.05, 0.1) is 28.8 Å². The molecule has 0 N–H and O–H groups in total. The maximum absolute atomic E-state index is 12.8. The van der Waals surface area contributed by atoms with Crippen LogP contribution in [0.25, 0.3) is 28.4 Å². The van der Waals surface area contributed by atoms with Gasteiger partial charge in [-0.1, -0.05) is 62.0 Å². The van der Waals surface area contributed by atoms with Crippen LogP contribution in [0.2, 0.25) is 0 Å². The summed E-state index contributed by atoms with van der Waals surface area (Å²) < 4.78 is 51.1. The summed E-state index contributed by atoms with van der Waals surface area (Å²) in [6.45, 7) is 14.6. The van der Waals surface area contributed by atoms with Crippen LogP contribution < -0.4 is 0 Å². The van der Waals surface area contributed by atoms with Crippen LogP contribution in [-0.4, -0.2) is 26.1 Å². The summed E-state index contributed by atoms with van der Waals surface area (Å²) in [5.41, 5.74) is 2.99. The lowest BCUT2D eigenvalue weighted by Gasteiger charge is -2.08. The van der Waals surface area contributed by atoms with Gasteiger partial charge >= 0.3 is 6.18 Å². The highest BCUT2D eigenvalue weighted by molar-refractivity contribution is 5.68. The lowest BCUT2D eigenvalue weighted by molar-refractivity contribution is -0.0881. The average Bonchev–Trinajstić information content (AvgIpc) is 3.45. The predicted molar refractivity (Wildman–Crippen MR) is 131 cm³/mol. The first-order valence-corrected chi connectivity index (χ1v) is 10.9. The molecule has 0 aliphatic rings. The second-order valence-electron chi connectivity index (χ2n) is 7.30. The largest absolute Gasteiger partial charge is 0.492 e. The van der Waals surface area contributed by atoms with Crippen molar-refractivity contribution in [3.63, 3.8) is 0 Å². The zero-order chi connectivity index (χ0) is 26.2. The smallest absolute Gasteiger partial charge is 0.416 e. The van der Waals surface area contributed by atoms with Crippen molar-refractivity contribution in [2.24, 2.45) is 7.05 Å². The molecule has 0 aliphatic carbocycles. The van der Waals surface area contributed by atoms with Crippen LogP contribution in [0.5, 0.6) is 0 Å². The number of alkyl halides is 3. The molecule has 0 amide bonds. The van der Waals surface area contributed by atoms with E-state index in [9.17, 15) is 13.2 Å².